The van der Waals surface area contributed by atoms with Gasteiger partial charge in [-0.2, -0.15) is 0 Å². The fraction of sp³-hybridized carbons (Fsp3) is 1.00. The SMILES string of the molecule is CNCC(C)(O)C(C)COC. The van der Waals surface area contributed by atoms with Gasteiger partial charge < -0.3 is 15.2 Å². The standard InChI is InChI=1S/C8H19NO2/c1-7(5-11-4)8(2,10)6-9-3/h7,9-10H,5-6H2,1-4H3. The molecule has 2 atom stereocenters. The van der Waals surface area contributed by atoms with Crippen LogP contribution in [0.3, 0.4) is 0 Å². The van der Waals surface area contributed by atoms with E-state index in [-0.39, 0.29) is 5.92 Å². The Labute approximate surface area is 68.8 Å². The molecule has 0 saturated carbocycles. The highest BCUT2D eigenvalue weighted by atomic mass is 16.5. The minimum Gasteiger partial charge on any atom is -0.388 e. The number of rotatable bonds is 5. The Morgan fingerprint density at radius 1 is 1.64 bits per heavy atom. The van der Waals surface area contributed by atoms with Crippen molar-refractivity contribution in [2.24, 2.45) is 5.92 Å². The average molecular weight is 161 g/mol. The molecular formula is C8H19NO2. The van der Waals surface area contributed by atoms with Crippen LogP contribution >= 0.6 is 0 Å². The van der Waals surface area contributed by atoms with Gasteiger partial charge in [-0.05, 0) is 14.0 Å². The van der Waals surface area contributed by atoms with E-state index in [1.807, 2.05) is 20.9 Å². The van der Waals surface area contributed by atoms with Crippen molar-refractivity contribution in [2.45, 2.75) is 19.4 Å². The summed E-state index contributed by atoms with van der Waals surface area (Å²) in [5.74, 6) is 0.153. The second-order valence-electron chi connectivity index (χ2n) is 3.24. The Hall–Kier alpha value is -0.120. The quantitative estimate of drug-likeness (QED) is 0.607. The van der Waals surface area contributed by atoms with Crippen molar-refractivity contribution in [3.05, 3.63) is 0 Å². The molecule has 3 nitrogen and oxygen atoms in total. The summed E-state index contributed by atoms with van der Waals surface area (Å²) >= 11 is 0. The van der Waals surface area contributed by atoms with Crippen molar-refractivity contribution in [3.8, 4) is 0 Å². The van der Waals surface area contributed by atoms with Gasteiger partial charge in [-0.1, -0.05) is 6.92 Å². The van der Waals surface area contributed by atoms with E-state index >= 15 is 0 Å². The summed E-state index contributed by atoms with van der Waals surface area (Å²) in [7, 11) is 3.47. The van der Waals surface area contributed by atoms with Crippen LogP contribution in [-0.2, 0) is 4.74 Å². The minimum atomic E-state index is -0.676. The van der Waals surface area contributed by atoms with Crippen LogP contribution in [0.4, 0.5) is 0 Å². The number of methoxy groups -OCH3 is 1. The monoisotopic (exact) mass is 161 g/mol. The highest BCUT2D eigenvalue weighted by molar-refractivity contribution is 4.80. The number of hydrogen-bond donors (Lipinski definition) is 2. The molecule has 0 bridgehead atoms. The molecule has 0 aromatic heterocycles. The van der Waals surface area contributed by atoms with Crippen molar-refractivity contribution < 1.29 is 9.84 Å². The maximum atomic E-state index is 9.77. The van der Waals surface area contributed by atoms with Crippen LogP contribution in [0.1, 0.15) is 13.8 Å². The lowest BCUT2D eigenvalue weighted by Crippen LogP contribution is -2.43. The molecule has 0 saturated heterocycles. The van der Waals surface area contributed by atoms with Gasteiger partial charge in [0.25, 0.3) is 0 Å². The van der Waals surface area contributed by atoms with Crippen LogP contribution < -0.4 is 5.32 Å². The Balaban J connectivity index is 3.83. The highest BCUT2D eigenvalue weighted by Gasteiger charge is 2.26. The first-order valence-electron chi connectivity index (χ1n) is 3.90. The van der Waals surface area contributed by atoms with Crippen molar-refractivity contribution in [3.63, 3.8) is 0 Å². The summed E-state index contributed by atoms with van der Waals surface area (Å²) in [5.41, 5.74) is -0.676. The van der Waals surface area contributed by atoms with E-state index in [9.17, 15) is 5.11 Å². The van der Waals surface area contributed by atoms with E-state index in [2.05, 4.69) is 5.32 Å². The molecule has 0 aromatic rings. The lowest BCUT2D eigenvalue weighted by Gasteiger charge is -2.29. The molecule has 0 radical (unpaired) electrons. The zero-order valence-electron chi connectivity index (χ0n) is 7.85. The van der Waals surface area contributed by atoms with Gasteiger partial charge in [0, 0.05) is 19.6 Å². The number of nitrogens with one attached hydrogen (secondary N) is 1. The van der Waals surface area contributed by atoms with E-state index in [0.717, 1.165) is 0 Å². The van der Waals surface area contributed by atoms with Gasteiger partial charge in [0.1, 0.15) is 0 Å². The third-order valence-corrected chi connectivity index (χ3v) is 2.01. The maximum Gasteiger partial charge on any atom is 0.0790 e. The summed E-state index contributed by atoms with van der Waals surface area (Å²) in [6, 6.07) is 0. The molecular weight excluding hydrogens is 142 g/mol. The molecule has 0 heterocycles. The van der Waals surface area contributed by atoms with Gasteiger partial charge in [0.05, 0.1) is 12.2 Å². The third kappa shape index (κ3) is 3.70. The van der Waals surface area contributed by atoms with Crippen LogP contribution in [0.5, 0.6) is 0 Å². The molecule has 0 amide bonds. The Bertz CT molecular complexity index is 104. The molecule has 0 aliphatic carbocycles. The van der Waals surface area contributed by atoms with Crippen LogP contribution in [0.2, 0.25) is 0 Å². The predicted octanol–water partition coefficient (Wildman–Crippen LogP) is 0.239. The normalized spacial score (nSPS) is 19.4. The Morgan fingerprint density at radius 2 is 2.18 bits per heavy atom. The summed E-state index contributed by atoms with van der Waals surface area (Å²) in [4.78, 5) is 0. The van der Waals surface area contributed by atoms with Gasteiger partial charge in [0.15, 0.2) is 0 Å². The zero-order valence-corrected chi connectivity index (χ0v) is 7.85. The molecule has 0 aliphatic heterocycles. The summed E-state index contributed by atoms with van der Waals surface area (Å²) in [6.45, 7) is 4.97. The molecule has 2 N–H and O–H groups in total. The average Bonchev–Trinajstić information content (AvgIpc) is 1.88. The molecule has 2 unspecified atom stereocenters. The van der Waals surface area contributed by atoms with Crippen molar-refractivity contribution in [2.75, 3.05) is 27.3 Å². The first kappa shape index (κ1) is 10.9. The van der Waals surface area contributed by atoms with Gasteiger partial charge >= 0.3 is 0 Å². The predicted molar refractivity (Wildman–Crippen MR) is 45.6 cm³/mol. The largest absolute Gasteiger partial charge is 0.388 e. The van der Waals surface area contributed by atoms with Crippen LogP contribution in [0.15, 0.2) is 0 Å². The van der Waals surface area contributed by atoms with Crippen molar-refractivity contribution in [1.82, 2.24) is 5.32 Å². The number of likely N-dealkylation sites (N-methyl/N-ethyl adjacent to an activating group) is 1. The van der Waals surface area contributed by atoms with Gasteiger partial charge in [0.2, 0.25) is 0 Å². The highest BCUT2D eigenvalue weighted by Crippen LogP contribution is 2.15. The Morgan fingerprint density at radius 3 is 2.55 bits per heavy atom. The molecule has 0 spiro atoms. The van der Waals surface area contributed by atoms with E-state index in [1.54, 1.807) is 7.11 Å². The molecule has 0 aliphatic rings. The van der Waals surface area contributed by atoms with Gasteiger partial charge in [-0.3, -0.25) is 0 Å². The zero-order chi connectivity index (χ0) is 8.91. The topological polar surface area (TPSA) is 41.5 Å². The van der Waals surface area contributed by atoms with Crippen LogP contribution in [-0.4, -0.2) is 38.0 Å². The second-order valence-corrected chi connectivity index (χ2v) is 3.24. The van der Waals surface area contributed by atoms with Crippen LogP contribution in [0, 0.1) is 5.92 Å². The lowest BCUT2D eigenvalue weighted by molar-refractivity contribution is -0.0226. The van der Waals surface area contributed by atoms with E-state index in [1.165, 1.54) is 0 Å². The van der Waals surface area contributed by atoms with Gasteiger partial charge in [-0.15, -0.1) is 0 Å². The molecule has 0 aromatic carbocycles. The van der Waals surface area contributed by atoms with Crippen molar-refractivity contribution in [1.29, 1.82) is 0 Å². The smallest absolute Gasteiger partial charge is 0.0790 e. The summed E-state index contributed by atoms with van der Waals surface area (Å²) in [6.07, 6.45) is 0. The summed E-state index contributed by atoms with van der Waals surface area (Å²) < 4.78 is 4.95. The number of hydrogen-bond acceptors (Lipinski definition) is 3. The fourth-order valence-corrected chi connectivity index (χ4v) is 0.962. The number of aliphatic hydroxyl groups is 1. The van der Waals surface area contributed by atoms with Crippen molar-refractivity contribution >= 4 is 0 Å². The Kier molecular flexibility index (Phi) is 4.65. The molecule has 0 fully saturated rings. The molecule has 0 rings (SSSR count). The van der Waals surface area contributed by atoms with Gasteiger partial charge in [-0.25, -0.2) is 0 Å². The first-order chi connectivity index (χ1) is 5.04. The third-order valence-electron chi connectivity index (χ3n) is 2.01. The van der Waals surface area contributed by atoms with Crippen LogP contribution in [0.25, 0.3) is 0 Å². The summed E-state index contributed by atoms with van der Waals surface area (Å²) in [5, 5.41) is 12.7. The molecule has 68 valence electrons. The first-order valence-corrected chi connectivity index (χ1v) is 3.90. The molecule has 11 heavy (non-hydrogen) atoms. The van der Waals surface area contributed by atoms with E-state index in [0.29, 0.717) is 13.2 Å². The number of ether oxygens (including phenoxy) is 1. The second kappa shape index (κ2) is 4.70. The maximum absolute atomic E-state index is 9.77. The molecule has 3 heteroatoms. The lowest BCUT2D eigenvalue weighted by atomic mass is 9.91. The van der Waals surface area contributed by atoms with E-state index in [4.69, 9.17) is 4.74 Å². The minimum absolute atomic E-state index is 0.153. The van der Waals surface area contributed by atoms with E-state index < -0.39 is 5.60 Å². The fourth-order valence-electron chi connectivity index (χ4n) is 0.962.